The van der Waals surface area contributed by atoms with Crippen LogP contribution in [0.1, 0.15) is 34.6 Å². The van der Waals surface area contributed by atoms with Gasteiger partial charge in [-0.05, 0) is 25.5 Å². The first-order chi connectivity index (χ1) is 9.96. The van der Waals surface area contributed by atoms with Gasteiger partial charge in [-0.25, -0.2) is 4.98 Å². The molecule has 1 atom stereocenters. The minimum atomic E-state index is -0.996. The average molecular weight is 289 g/mol. The molecule has 0 radical (unpaired) electrons. The lowest BCUT2D eigenvalue weighted by Gasteiger charge is -2.26. The molecule has 1 aliphatic heterocycles. The quantitative estimate of drug-likeness (QED) is 0.840. The number of carbonyl (C=O) groups is 2. The van der Waals surface area contributed by atoms with Gasteiger partial charge in [0, 0.05) is 6.61 Å². The van der Waals surface area contributed by atoms with Gasteiger partial charge < -0.3 is 15.2 Å². The molecule has 0 bridgehead atoms. The zero-order valence-corrected chi connectivity index (χ0v) is 11.5. The van der Waals surface area contributed by atoms with Crippen molar-refractivity contribution in [2.45, 2.75) is 25.3 Å². The summed E-state index contributed by atoms with van der Waals surface area (Å²) in [5.41, 5.74) is 0.117. The molecule has 0 aromatic carbocycles. The van der Waals surface area contributed by atoms with E-state index in [1.165, 1.54) is 12.1 Å². The number of carboxylic acid groups (broad SMARTS) is 1. The Balaban J connectivity index is 2.18. The Labute approximate surface area is 121 Å². The summed E-state index contributed by atoms with van der Waals surface area (Å²) in [6.45, 7) is 2.22. The predicted molar refractivity (Wildman–Crippen MR) is 71.6 cm³/mol. The SMILES string of the molecule is Cc1nc(C(=O)NC2(CC(=O)O)CCOC2)ccc1C#N. The number of pyridine rings is 1. The van der Waals surface area contributed by atoms with Crippen molar-refractivity contribution in [3.63, 3.8) is 0 Å². The van der Waals surface area contributed by atoms with Crippen molar-refractivity contribution in [1.82, 2.24) is 10.3 Å². The summed E-state index contributed by atoms with van der Waals surface area (Å²) in [4.78, 5) is 27.3. The number of nitriles is 1. The highest BCUT2D eigenvalue weighted by Crippen LogP contribution is 2.23. The molecular weight excluding hydrogens is 274 g/mol. The van der Waals surface area contributed by atoms with Gasteiger partial charge in [-0.15, -0.1) is 0 Å². The summed E-state index contributed by atoms with van der Waals surface area (Å²) in [6, 6.07) is 4.95. The monoisotopic (exact) mass is 289 g/mol. The summed E-state index contributed by atoms with van der Waals surface area (Å²) in [5.74, 6) is -1.46. The Morgan fingerprint density at radius 1 is 1.57 bits per heavy atom. The maximum atomic E-state index is 12.2. The van der Waals surface area contributed by atoms with Crippen molar-refractivity contribution in [2.24, 2.45) is 0 Å². The number of amides is 1. The topological polar surface area (TPSA) is 112 Å². The van der Waals surface area contributed by atoms with Crippen molar-refractivity contribution in [3.8, 4) is 6.07 Å². The van der Waals surface area contributed by atoms with Gasteiger partial charge in [0.1, 0.15) is 11.8 Å². The maximum Gasteiger partial charge on any atom is 0.305 e. The molecule has 2 heterocycles. The smallest absolute Gasteiger partial charge is 0.305 e. The maximum absolute atomic E-state index is 12.2. The van der Waals surface area contributed by atoms with E-state index in [4.69, 9.17) is 15.1 Å². The van der Waals surface area contributed by atoms with Crippen molar-refractivity contribution < 1.29 is 19.4 Å². The number of carboxylic acids is 1. The lowest BCUT2D eigenvalue weighted by atomic mass is 9.94. The van der Waals surface area contributed by atoms with Crippen LogP contribution in [0, 0.1) is 18.3 Å². The molecule has 0 aliphatic carbocycles. The van der Waals surface area contributed by atoms with Crippen LogP contribution >= 0.6 is 0 Å². The molecule has 7 heteroatoms. The highest BCUT2D eigenvalue weighted by molar-refractivity contribution is 5.93. The lowest BCUT2D eigenvalue weighted by molar-refractivity contribution is -0.138. The third-order valence-corrected chi connectivity index (χ3v) is 3.41. The van der Waals surface area contributed by atoms with Gasteiger partial charge in [-0.1, -0.05) is 0 Å². The number of hydrogen-bond donors (Lipinski definition) is 2. The van der Waals surface area contributed by atoms with E-state index >= 15 is 0 Å². The molecule has 0 saturated carbocycles. The normalized spacial score (nSPS) is 20.8. The standard InChI is InChI=1S/C14H15N3O4/c1-9-10(7-15)2-3-11(16-9)13(20)17-14(6-12(18)19)4-5-21-8-14/h2-3H,4-6,8H2,1H3,(H,17,20)(H,18,19). The highest BCUT2D eigenvalue weighted by Gasteiger charge is 2.39. The van der Waals surface area contributed by atoms with Crippen LogP contribution in [-0.4, -0.2) is 40.7 Å². The van der Waals surface area contributed by atoms with Gasteiger partial charge in [0.15, 0.2) is 0 Å². The summed E-state index contributed by atoms with van der Waals surface area (Å²) in [5, 5.41) is 20.5. The number of nitrogens with zero attached hydrogens (tertiary/aromatic N) is 2. The first-order valence-corrected chi connectivity index (χ1v) is 6.45. The van der Waals surface area contributed by atoms with Crippen molar-refractivity contribution in [2.75, 3.05) is 13.2 Å². The van der Waals surface area contributed by atoms with E-state index in [9.17, 15) is 9.59 Å². The molecule has 2 N–H and O–H groups in total. The highest BCUT2D eigenvalue weighted by atomic mass is 16.5. The van der Waals surface area contributed by atoms with Crippen LogP contribution in [0.15, 0.2) is 12.1 Å². The molecule has 1 aliphatic rings. The zero-order chi connectivity index (χ0) is 15.5. The van der Waals surface area contributed by atoms with Crippen LogP contribution < -0.4 is 5.32 Å². The van der Waals surface area contributed by atoms with Gasteiger partial charge >= 0.3 is 5.97 Å². The Bertz CT molecular complexity index is 615. The first kappa shape index (κ1) is 14.9. The van der Waals surface area contributed by atoms with Crippen LogP contribution in [0.3, 0.4) is 0 Å². The summed E-state index contributed by atoms with van der Waals surface area (Å²) < 4.78 is 5.22. The number of nitrogens with one attached hydrogen (secondary N) is 1. The van der Waals surface area contributed by atoms with Gasteiger partial charge in [0.2, 0.25) is 0 Å². The second-order valence-corrected chi connectivity index (χ2v) is 5.05. The molecule has 2 rings (SSSR count). The minimum Gasteiger partial charge on any atom is -0.481 e. The third-order valence-electron chi connectivity index (χ3n) is 3.41. The molecular formula is C14H15N3O4. The first-order valence-electron chi connectivity index (χ1n) is 6.45. The molecule has 7 nitrogen and oxygen atoms in total. The summed E-state index contributed by atoms with van der Waals surface area (Å²) in [7, 11) is 0. The Hall–Kier alpha value is -2.46. The molecule has 1 saturated heterocycles. The van der Waals surface area contributed by atoms with Crippen LogP contribution in [0.25, 0.3) is 0 Å². The number of ether oxygens (including phenoxy) is 1. The van der Waals surface area contributed by atoms with Crippen LogP contribution in [-0.2, 0) is 9.53 Å². The van der Waals surface area contributed by atoms with Crippen molar-refractivity contribution in [1.29, 1.82) is 5.26 Å². The fraction of sp³-hybridized carbons (Fsp3) is 0.429. The predicted octanol–water partition coefficient (Wildman–Crippen LogP) is 0.625. The molecule has 1 aromatic rings. The fourth-order valence-electron chi connectivity index (χ4n) is 2.29. The second kappa shape index (κ2) is 5.89. The minimum absolute atomic E-state index is 0.156. The number of rotatable bonds is 4. The molecule has 110 valence electrons. The molecule has 1 amide bonds. The van der Waals surface area contributed by atoms with Gasteiger partial charge in [-0.2, -0.15) is 5.26 Å². The number of carbonyl (C=O) groups excluding carboxylic acids is 1. The van der Waals surface area contributed by atoms with E-state index < -0.39 is 17.4 Å². The molecule has 1 unspecified atom stereocenters. The second-order valence-electron chi connectivity index (χ2n) is 5.05. The number of hydrogen-bond acceptors (Lipinski definition) is 5. The lowest BCUT2D eigenvalue weighted by Crippen LogP contribution is -2.50. The molecule has 0 spiro atoms. The van der Waals surface area contributed by atoms with Crippen molar-refractivity contribution in [3.05, 3.63) is 29.1 Å². The number of aryl methyl sites for hydroxylation is 1. The van der Waals surface area contributed by atoms with E-state index in [2.05, 4.69) is 10.3 Å². The molecule has 1 aromatic heterocycles. The Kier molecular flexibility index (Phi) is 4.19. The van der Waals surface area contributed by atoms with Crippen LogP contribution in [0.2, 0.25) is 0 Å². The third kappa shape index (κ3) is 3.35. The van der Waals surface area contributed by atoms with Gasteiger partial charge in [0.25, 0.3) is 5.91 Å². The van der Waals surface area contributed by atoms with Crippen LogP contribution in [0.5, 0.6) is 0 Å². The molecule has 1 fully saturated rings. The van der Waals surface area contributed by atoms with E-state index in [0.717, 1.165) is 0 Å². The molecule has 21 heavy (non-hydrogen) atoms. The summed E-state index contributed by atoms with van der Waals surface area (Å²) in [6.07, 6.45) is 0.244. The van der Waals surface area contributed by atoms with E-state index in [0.29, 0.717) is 24.3 Å². The van der Waals surface area contributed by atoms with E-state index in [1.807, 2.05) is 6.07 Å². The largest absolute Gasteiger partial charge is 0.481 e. The van der Waals surface area contributed by atoms with Crippen LogP contribution in [0.4, 0.5) is 0 Å². The Morgan fingerprint density at radius 3 is 2.86 bits per heavy atom. The van der Waals surface area contributed by atoms with Crippen molar-refractivity contribution >= 4 is 11.9 Å². The van der Waals surface area contributed by atoms with E-state index in [1.54, 1.807) is 6.92 Å². The Morgan fingerprint density at radius 2 is 2.33 bits per heavy atom. The number of aliphatic carboxylic acids is 1. The average Bonchev–Trinajstić information content (AvgIpc) is 2.85. The van der Waals surface area contributed by atoms with Gasteiger partial charge in [0.05, 0.1) is 29.8 Å². The van der Waals surface area contributed by atoms with Gasteiger partial charge in [-0.3, -0.25) is 9.59 Å². The summed E-state index contributed by atoms with van der Waals surface area (Å²) >= 11 is 0. The van der Waals surface area contributed by atoms with E-state index in [-0.39, 0.29) is 18.7 Å². The fourth-order valence-corrected chi connectivity index (χ4v) is 2.29. The zero-order valence-electron chi connectivity index (χ0n) is 11.5. The number of aromatic nitrogens is 1.